The van der Waals surface area contributed by atoms with Crippen molar-refractivity contribution >= 4 is 11.8 Å². The molecule has 2 amide bonds. The lowest BCUT2D eigenvalue weighted by Gasteiger charge is -2.30. The van der Waals surface area contributed by atoms with Crippen LogP contribution in [0.3, 0.4) is 0 Å². The van der Waals surface area contributed by atoms with Gasteiger partial charge >= 0.3 is 0 Å². The van der Waals surface area contributed by atoms with Crippen LogP contribution in [-0.2, 0) is 22.6 Å². The molecule has 5 heteroatoms. The first-order valence-electron chi connectivity index (χ1n) is 10.7. The Morgan fingerprint density at radius 2 is 1.63 bits per heavy atom. The summed E-state index contributed by atoms with van der Waals surface area (Å²) >= 11 is 0. The molecular formula is C25H31FN2O2. The Morgan fingerprint density at radius 1 is 1.03 bits per heavy atom. The monoisotopic (exact) mass is 410 g/mol. The molecule has 4 nitrogen and oxygen atoms in total. The fourth-order valence-electron chi connectivity index (χ4n) is 4.21. The molecule has 0 aliphatic heterocycles. The second-order valence-corrected chi connectivity index (χ2v) is 8.49. The quantitative estimate of drug-likeness (QED) is 0.733. The fourth-order valence-corrected chi connectivity index (χ4v) is 4.21. The number of rotatable bonds is 7. The summed E-state index contributed by atoms with van der Waals surface area (Å²) in [5.41, 5.74) is 3.94. The van der Waals surface area contributed by atoms with Crippen molar-refractivity contribution in [2.24, 2.45) is 0 Å². The number of nitrogens with one attached hydrogen (secondary N) is 1. The summed E-state index contributed by atoms with van der Waals surface area (Å²) in [5, 5.41) is 3.10. The van der Waals surface area contributed by atoms with E-state index in [9.17, 15) is 14.0 Å². The van der Waals surface area contributed by atoms with Crippen LogP contribution in [0.5, 0.6) is 0 Å². The van der Waals surface area contributed by atoms with E-state index in [1.54, 1.807) is 24.0 Å². The highest BCUT2D eigenvalue weighted by atomic mass is 19.1. The number of carbonyl (C=O) groups is 2. The lowest BCUT2D eigenvalue weighted by Crippen LogP contribution is -2.50. The molecule has 0 aromatic heterocycles. The highest BCUT2D eigenvalue weighted by Gasteiger charge is 2.28. The van der Waals surface area contributed by atoms with E-state index in [4.69, 9.17) is 0 Å². The van der Waals surface area contributed by atoms with E-state index in [2.05, 4.69) is 11.4 Å². The van der Waals surface area contributed by atoms with Gasteiger partial charge < -0.3 is 10.2 Å². The maximum atomic E-state index is 13.3. The number of carbonyl (C=O) groups excluding carboxylic acids is 2. The van der Waals surface area contributed by atoms with Crippen molar-refractivity contribution in [1.82, 2.24) is 10.2 Å². The Balaban J connectivity index is 1.78. The minimum Gasteiger partial charge on any atom is -0.352 e. The van der Waals surface area contributed by atoms with Crippen LogP contribution < -0.4 is 5.32 Å². The first-order valence-corrected chi connectivity index (χ1v) is 10.7. The van der Waals surface area contributed by atoms with E-state index >= 15 is 0 Å². The zero-order chi connectivity index (χ0) is 21.7. The van der Waals surface area contributed by atoms with Crippen LogP contribution in [0.15, 0.2) is 42.5 Å². The molecule has 160 valence electrons. The molecule has 1 N–H and O–H groups in total. The maximum absolute atomic E-state index is 13.3. The van der Waals surface area contributed by atoms with Crippen LogP contribution in [-0.4, -0.2) is 28.8 Å². The summed E-state index contributed by atoms with van der Waals surface area (Å²) in [4.78, 5) is 27.8. The van der Waals surface area contributed by atoms with Gasteiger partial charge in [0.25, 0.3) is 0 Å². The lowest BCUT2D eigenvalue weighted by atomic mass is 10.0. The summed E-state index contributed by atoms with van der Waals surface area (Å²) < 4.78 is 13.3. The third-order valence-electron chi connectivity index (χ3n) is 5.77. The van der Waals surface area contributed by atoms with Gasteiger partial charge in [-0.25, -0.2) is 4.39 Å². The summed E-state index contributed by atoms with van der Waals surface area (Å²) in [6.45, 7) is 6.06. The van der Waals surface area contributed by atoms with E-state index in [0.717, 1.165) is 47.9 Å². The summed E-state index contributed by atoms with van der Waals surface area (Å²) in [6.07, 6.45) is 4.47. The molecular weight excluding hydrogens is 379 g/mol. The molecule has 2 aromatic carbocycles. The van der Waals surface area contributed by atoms with Crippen molar-refractivity contribution in [3.63, 3.8) is 0 Å². The lowest BCUT2D eigenvalue weighted by molar-refractivity contribution is -0.140. The molecule has 1 atom stereocenters. The molecule has 1 fully saturated rings. The highest BCUT2D eigenvalue weighted by molar-refractivity contribution is 5.88. The van der Waals surface area contributed by atoms with E-state index in [1.165, 1.54) is 12.1 Å². The molecule has 1 aliphatic carbocycles. The summed E-state index contributed by atoms with van der Waals surface area (Å²) in [5.74, 6) is -0.560. The Labute approximate surface area is 178 Å². The first kappa shape index (κ1) is 22.0. The average molecular weight is 411 g/mol. The van der Waals surface area contributed by atoms with Crippen molar-refractivity contribution in [2.75, 3.05) is 0 Å². The minimum absolute atomic E-state index is 0.113. The van der Waals surface area contributed by atoms with Crippen LogP contribution in [0.4, 0.5) is 4.39 Å². The maximum Gasteiger partial charge on any atom is 0.242 e. The molecule has 3 rings (SSSR count). The van der Waals surface area contributed by atoms with Crippen molar-refractivity contribution in [2.45, 2.75) is 71.5 Å². The standard InChI is InChI=1S/C25H31FN2O2/c1-17-12-18(2)14-21(13-17)15-24(29)28(16-20-8-10-22(26)11-9-20)19(3)25(30)27-23-6-4-5-7-23/h8-14,19,23H,4-7,15-16H2,1-3H3,(H,27,30). The number of amides is 2. The van der Waals surface area contributed by atoms with Gasteiger partial charge in [0, 0.05) is 12.6 Å². The largest absolute Gasteiger partial charge is 0.352 e. The number of nitrogens with zero attached hydrogens (tertiary/aromatic N) is 1. The van der Waals surface area contributed by atoms with Gasteiger partial charge in [-0.05, 0) is 56.9 Å². The van der Waals surface area contributed by atoms with Gasteiger partial charge in [-0.15, -0.1) is 0 Å². The molecule has 1 saturated carbocycles. The predicted molar refractivity (Wildman–Crippen MR) is 116 cm³/mol. The third kappa shape index (κ3) is 5.91. The molecule has 0 radical (unpaired) electrons. The number of hydrogen-bond donors (Lipinski definition) is 1. The zero-order valence-electron chi connectivity index (χ0n) is 18.1. The summed E-state index contributed by atoms with van der Waals surface area (Å²) in [6, 6.07) is 11.8. The van der Waals surface area contributed by atoms with E-state index in [0.29, 0.717) is 0 Å². The van der Waals surface area contributed by atoms with Crippen molar-refractivity contribution < 1.29 is 14.0 Å². The second-order valence-electron chi connectivity index (χ2n) is 8.49. The Kier molecular flexibility index (Phi) is 7.24. The fraction of sp³-hybridized carbons (Fsp3) is 0.440. The molecule has 30 heavy (non-hydrogen) atoms. The van der Waals surface area contributed by atoms with Crippen molar-refractivity contribution in [3.8, 4) is 0 Å². The van der Waals surface area contributed by atoms with Gasteiger partial charge in [-0.3, -0.25) is 9.59 Å². The zero-order valence-corrected chi connectivity index (χ0v) is 18.1. The molecule has 1 unspecified atom stereocenters. The molecule has 0 spiro atoms. The molecule has 0 heterocycles. The van der Waals surface area contributed by atoms with E-state index in [-0.39, 0.29) is 36.6 Å². The van der Waals surface area contributed by atoms with E-state index < -0.39 is 6.04 Å². The van der Waals surface area contributed by atoms with Crippen molar-refractivity contribution in [3.05, 3.63) is 70.5 Å². The smallest absolute Gasteiger partial charge is 0.242 e. The van der Waals surface area contributed by atoms with Gasteiger partial charge in [0.2, 0.25) is 11.8 Å². The molecule has 2 aromatic rings. The van der Waals surface area contributed by atoms with Gasteiger partial charge in [0.15, 0.2) is 0 Å². The van der Waals surface area contributed by atoms with Crippen LogP contribution in [0.1, 0.15) is 54.9 Å². The SMILES string of the molecule is Cc1cc(C)cc(CC(=O)N(Cc2ccc(F)cc2)C(C)C(=O)NC2CCCC2)c1. The van der Waals surface area contributed by atoms with Crippen molar-refractivity contribution in [1.29, 1.82) is 0 Å². The third-order valence-corrected chi connectivity index (χ3v) is 5.77. The number of benzene rings is 2. The van der Waals surface area contributed by atoms with Crippen LogP contribution >= 0.6 is 0 Å². The van der Waals surface area contributed by atoms with Crippen LogP contribution in [0, 0.1) is 19.7 Å². The second kappa shape index (κ2) is 9.88. The predicted octanol–water partition coefficient (Wildman–Crippen LogP) is 4.46. The highest BCUT2D eigenvalue weighted by Crippen LogP contribution is 2.19. The Morgan fingerprint density at radius 3 is 2.23 bits per heavy atom. The number of aryl methyl sites for hydroxylation is 2. The normalized spacial score (nSPS) is 15.1. The van der Waals surface area contributed by atoms with Gasteiger partial charge in [-0.2, -0.15) is 0 Å². The van der Waals surface area contributed by atoms with Gasteiger partial charge in [0.1, 0.15) is 11.9 Å². The van der Waals surface area contributed by atoms with Gasteiger partial charge in [0.05, 0.1) is 6.42 Å². The van der Waals surface area contributed by atoms with Gasteiger partial charge in [-0.1, -0.05) is 54.3 Å². The van der Waals surface area contributed by atoms with Crippen LogP contribution in [0.25, 0.3) is 0 Å². The van der Waals surface area contributed by atoms with E-state index in [1.807, 2.05) is 26.0 Å². The minimum atomic E-state index is -0.603. The first-order chi connectivity index (χ1) is 14.3. The molecule has 0 saturated heterocycles. The molecule has 0 bridgehead atoms. The number of hydrogen-bond acceptors (Lipinski definition) is 2. The van der Waals surface area contributed by atoms with Crippen LogP contribution in [0.2, 0.25) is 0 Å². The topological polar surface area (TPSA) is 49.4 Å². The Hall–Kier alpha value is -2.69. The Bertz CT molecular complexity index is 868. The molecule has 1 aliphatic rings. The average Bonchev–Trinajstić information content (AvgIpc) is 3.19. The number of halogens is 1. The summed E-state index contributed by atoms with van der Waals surface area (Å²) in [7, 11) is 0.